The SMILES string of the molecule is CN=C=S.O=C(O)O. The number of isothiocyanates is 1. The van der Waals surface area contributed by atoms with Crippen LogP contribution < -0.4 is 0 Å². The highest BCUT2D eigenvalue weighted by atomic mass is 32.1. The van der Waals surface area contributed by atoms with Gasteiger partial charge in [-0.1, -0.05) is 0 Å². The number of carbonyl (C=O) groups is 1. The molecule has 5 heteroatoms. The molecule has 0 rings (SSSR count). The van der Waals surface area contributed by atoms with Crippen LogP contribution in [0.2, 0.25) is 0 Å². The van der Waals surface area contributed by atoms with Crippen molar-refractivity contribution in [1.82, 2.24) is 0 Å². The van der Waals surface area contributed by atoms with Gasteiger partial charge in [0.25, 0.3) is 0 Å². The maximum Gasteiger partial charge on any atom is 0.503 e. The van der Waals surface area contributed by atoms with Gasteiger partial charge in [0.15, 0.2) is 0 Å². The molecule has 0 atom stereocenters. The van der Waals surface area contributed by atoms with Gasteiger partial charge in [0, 0.05) is 7.05 Å². The predicted octanol–water partition coefficient (Wildman–Crippen LogP) is 0.941. The van der Waals surface area contributed by atoms with Crippen molar-refractivity contribution in [1.29, 1.82) is 0 Å². The Kier molecular flexibility index (Phi) is 11.9. The Morgan fingerprint density at radius 1 is 1.75 bits per heavy atom. The Morgan fingerprint density at radius 2 is 1.88 bits per heavy atom. The first kappa shape index (κ1) is 10.1. The largest absolute Gasteiger partial charge is 0.503 e. The minimum Gasteiger partial charge on any atom is -0.450 e. The molecule has 0 aliphatic rings. The zero-order valence-corrected chi connectivity index (χ0v) is 4.97. The second-order valence-corrected chi connectivity index (χ2v) is 0.780. The van der Waals surface area contributed by atoms with Gasteiger partial charge in [-0.05, 0) is 12.2 Å². The average molecular weight is 135 g/mol. The fraction of sp³-hybridized carbons (Fsp3) is 0.333. The molecule has 0 unspecified atom stereocenters. The molecule has 8 heavy (non-hydrogen) atoms. The molecule has 0 aliphatic carbocycles. The number of nitrogens with zero attached hydrogens (tertiary/aromatic N) is 1. The van der Waals surface area contributed by atoms with Gasteiger partial charge in [-0.3, -0.25) is 0 Å². The van der Waals surface area contributed by atoms with E-state index >= 15 is 0 Å². The molecule has 0 spiro atoms. The average Bonchev–Trinajstić information content (AvgIpc) is 1.65. The van der Waals surface area contributed by atoms with Crippen molar-refractivity contribution in [2.45, 2.75) is 0 Å². The number of thiocarbonyl (C=S) groups is 1. The van der Waals surface area contributed by atoms with Gasteiger partial charge in [0.05, 0.1) is 5.16 Å². The first-order valence-electron chi connectivity index (χ1n) is 1.53. The highest BCUT2D eigenvalue weighted by Gasteiger charge is 1.70. The van der Waals surface area contributed by atoms with E-state index in [0.717, 1.165) is 0 Å². The van der Waals surface area contributed by atoms with Crippen molar-refractivity contribution >= 4 is 23.5 Å². The van der Waals surface area contributed by atoms with Crippen LogP contribution in [-0.4, -0.2) is 28.6 Å². The van der Waals surface area contributed by atoms with Crippen LogP contribution in [0.15, 0.2) is 4.99 Å². The van der Waals surface area contributed by atoms with Crippen LogP contribution in [-0.2, 0) is 0 Å². The van der Waals surface area contributed by atoms with Crippen LogP contribution in [0.25, 0.3) is 0 Å². The molecule has 0 bridgehead atoms. The number of hydrogen-bond donors (Lipinski definition) is 2. The van der Waals surface area contributed by atoms with Gasteiger partial charge in [-0.25, -0.2) is 9.79 Å². The normalized spacial score (nSPS) is 5.12. The molecule has 0 radical (unpaired) electrons. The molecular weight excluding hydrogens is 130 g/mol. The maximum atomic E-state index is 8.56. The van der Waals surface area contributed by atoms with Crippen LogP contribution in [0.3, 0.4) is 0 Å². The fourth-order valence-electron chi connectivity index (χ4n) is 0. The predicted molar refractivity (Wildman–Crippen MR) is 31.6 cm³/mol. The van der Waals surface area contributed by atoms with Gasteiger partial charge >= 0.3 is 6.16 Å². The zero-order valence-electron chi connectivity index (χ0n) is 4.16. The smallest absolute Gasteiger partial charge is 0.450 e. The summed E-state index contributed by atoms with van der Waals surface area (Å²) in [5.74, 6) is 0. The van der Waals surface area contributed by atoms with Crippen molar-refractivity contribution in [3.63, 3.8) is 0 Å². The Hall–Kier alpha value is -0.930. The number of hydrogen-bond acceptors (Lipinski definition) is 3. The van der Waals surface area contributed by atoms with E-state index < -0.39 is 6.16 Å². The summed E-state index contributed by atoms with van der Waals surface area (Å²) in [5, 5.41) is 16.1. The highest BCUT2D eigenvalue weighted by Crippen LogP contribution is 1.42. The lowest BCUT2D eigenvalue weighted by Crippen LogP contribution is -1.81. The van der Waals surface area contributed by atoms with E-state index in [9.17, 15) is 0 Å². The van der Waals surface area contributed by atoms with E-state index in [1.165, 1.54) is 0 Å². The summed E-state index contributed by atoms with van der Waals surface area (Å²) in [4.78, 5) is 11.9. The van der Waals surface area contributed by atoms with E-state index in [4.69, 9.17) is 15.0 Å². The second kappa shape index (κ2) is 9.42. The first-order chi connectivity index (χ1) is 3.65. The molecule has 2 N–H and O–H groups in total. The zero-order chi connectivity index (χ0) is 6.99. The van der Waals surface area contributed by atoms with E-state index in [2.05, 4.69) is 22.4 Å². The Bertz CT molecular complexity index is 103. The van der Waals surface area contributed by atoms with Crippen molar-refractivity contribution in [2.24, 2.45) is 4.99 Å². The van der Waals surface area contributed by atoms with E-state index in [-0.39, 0.29) is 0 Å². The van der Waals surface area contributed by atoms with Crippen LogP contribution in [0.5, 0.6) is 0 Å². The van der Waals surface area contributed by atoms with Gasteiger partial charge < -0.3 is 10.2 Å². The Labute approximate surface area is 51.5 Å². The highest BCUT2D eigenvalue weighted by molar-refractivity contribution is 7.78. The lowest BCUT2D eigenvalue weighted by atomic mass is 11.4. The third-order valence-corrected chi connectivity index (χ3v) is 0.274. The number of aliphatic imine (C=N–C) groups is 1. The summed E-state index contributed by atoms with van der Waals surface area (Å²) in [6, 6.07) is 0. The van der Waals surface area contributed by atoms with Crippen LogP contribution in [0.1, 0.15) is 0 Å². The number of rotatable bonds is 0. The fourth-order valence-corrected chi connectivity index (χ4v) is 0. The molecule has 0 amide bonds. The molecule has 0 aromatic rings. The molecule has 46 valence electrons. The minimum absolute atomic E-state index is 1.59. The third kappa shape index (κ3) is 17100. The second-order valence-electron chi connectivity index (χ2n) is 0.597. The summed E-state index contributed by atoms with van der Waals surface area (Å²) >= 11 is 4.14. The monoisotopic (exact) mass is 135 g/mol. The van der Waals surface area contributed by atoms with Crippen LogP contribution in [0, 0.1) is 0 Å². The van der Waals surface area contributed by atoms with Crippen LogP contribution in [0.4, 0.5) is 4.79 Å². The van der Waals surface area contributed by atoms with Crippen molar-refractivity contribution < 1.29 is 15.0 Å². The molecule has 0 aromatic heterocycles. The molecule has 4 nitrogen and oxygen atoms in total. The summed E-state index contributed by atoms with van der Waals surface area (Å²) in [6.45, 7) is 0. The summed E-state index contributed by atoms with van der Waals surface area (Å²) in [7, 11) is 1.59. The first-order valence-corrected chi connectivity index (χ1v) is 1.93. The van der Waals surface area contributed by atoms with Crippen LogP contribution >= 0.6 is 12.2 Å². The Morgan fingerprint density at radius 3 is 1.88 bits per heavy atom. The van der Waals surface area contributed by atoms with E-state index in [1.54, 1.807) is 7.05 Å². The van der Waals surface area contributed by atoms with Crippen molar-refractivity contribution in [2.75, 3.05) is 7.05 Å². The topological polar surface area (TPSA) is 69.9 Å². The molecule has 0 saturated heterocycles. The quantitative estimate of drug-likeness (QED) is 0.383. The third-order valence-electron chi connectivity index (χ3n) is 0.0913. The van der Waals surface area contributed by atoms with Crippen molar-refractivity contribution in [3.8, 4) is 0 Å². The van der Waals surface area contributed by atoms with Gasteiger partial charge in [-0.2, -0.15) is 0 Å². The Balaban J connectivity index is 0. The molecule has 0 saturated carbocycles. The lowest BCUT2D eigenvalue weighted by Gasteiger charge is -1.60. The standard InChI is InChI=1S/C2H3NS.CH2O3/c1-3-2-4;2-1(3)4/h1H3;(H2,2,3,4). The van der Waals surface area contributed by atoms with Gasteiger partial charge in [0.1, 0.15) is 0 Å². The minimum atomic E-state index is -1.83. The van der Waals surface area contributed by atoms with Crippen molar-refractivity contribution in [3.05, 3.63) is 0 Å². The number of carboxylic acid groups (broad SMARTS) is 2. The molecule has 0 fully saturated rings. The maximum absolute atomic E-state index is 8.56. The van der Waals surface area contributed by atoms with Gasteiger partial charge in [0.2, 0.25) is 0 Å². The molecule has 0 heterocycles. The summed E-state index contributed by atoms with van der Waals surface area (Å²) < 4.78 is 0. The van der Waals surface area contributed by atoms with E-state index in [0.29, 0.717) is 0 Å². The summed E-state index contributed by atoms with van der Waals surface area (Å²) in [5.41, 5.74) is 0. The lowest BCUT2D eigenvalue weighted by molar-refractivity contribution is 0.137. The van der Waals surface area contributed by atoms with Gasteiger partial charge in [-0.15, -0.1) is 0 Å². The molecular formula is C3H5NO3S. The summed E-state index contributed by atoms with van der Waals surface area (Å²) in [6.07, 6.45) is -1.83. The molecule has 0 aromatic carbocycles. The molecule has 0 aliphatic heterocycles. The van der Waals surface area contributed by atoms with E-state index in [1.807, 2.05) is 0 Å².